The van der Waals surface area contributed by atoms with E-state index in [2.05, 4.69) is 15.2 Å². The van der Waals surface area contributed by atoms with Crippen LogP contribution >= 0.6 is 0 Å². The summed E-state index contributed by atoms with van der Waals surface area (Å²) < 4.78 is 5.89. The number of hydrogen-bond donors (Lipinski definition) is 1. The van der Waals surface area contributed by atoms with E-state index in [1.165, 1.54) is 42.3 Å². The summed E-state index contributed by atoms with van der Waals surface area (Å²) in [6.45, 7) is 0. The lowest BCUT2D eigenvalue weighted by Crippen LogP contribution is -2.16. The highest BCUT2D eigenvalue weighted by molar-refractivity contribution is 6.09. The van der Waals surface area contributed by atoms with Crippen LogP contribution < -0.4 is 5.32 Å². The van der Waals surface area contributed by atoms with Gasteiger partial charge in [-0.3, -0.25) is 19.6 Å². The van der Waals surface area contributed by atoms with Gasteiger partial charge in [0.05, 0.1) is 17.7 Å². The molecule has 0 fully saturated rings. The lowest BCUT2D eigenvalue weighted by atomic mass is 10.1. The van der Waals surface area contributed by atoms with E-state index in [0.29, 0.717) is 0 Å². The molecule has 22 heavy (non-hydrogen) atoms. The first-order chi connectivity index (χ1) is 10.4. The van der Waals surface area contributed by atoms with E-state index in [1.54, 1.807) is 7.05 Å². The van der Waals surface area contributed by atoms with Gasteiger partial charge in [-0.1, -0.05) is 12.1 Å². The summed E-state index contributed by atoms with van der Waals surface area (Å²) in [6.07, 6.45) is 1.40. The molecular formula is C13H12N4O5. The Morgan fingerprint density at radius 1 is 1.36 bits per heavy atom. The Morgan fingerprint density at radius 3 is 2.68 bits per heavy atom. The third-order valence-electron chi connectivity index (χ3n) is 2.80. The largest absolute Gasteiger partial charge is 0.464 e. The molecule has 0 saturated heterocycles. The van der Waals surface area contributed by atoms with E-state index in [1.807, 2.05) is 0 Å². The Hall–Kier alpha value is -3.23. The Labute approximate surface area is 124 Å². The number of nitrogens with zero attached hydrogens (tertiary/aromatic N) is 3. The number of nitrogens with one attached hydrogen (secondary N) is 1. The molecule has 0 aliphatic heterocycles. The molecule has 0 aliphatic rings. The lowest BCUT2D eigenvalue weighted by Gasteiger charge is -2.05. The van der Waals surface area contributed by atoms with Gasteiger partial charge in [0.1, 0.15) is 5.56 Å². The molecule has 1 aromatic carbocycles. The Morgan fingerprint density at radius 2 is 2.05 bits per heavy atom. The number of carbonyl (C=O) groups is 2. The number of benzene rings is 1. The first-order valence-corrected chi connectivity index (χ1v) is 6.10. The SMILES string of the molecule is COC(=O)c1nn(C)cc1NC(=O)c1ccccc1[N+](=O)[O-]. The summed E-state index contributed by atoms with van der Waals surface area (Å²) in [6, 6.07) is 5.51. The van der Waals surface area contributed by atoms with Gasteiger partial charge in [-0.05, 0) is 6.07 Å². The van der Waals surface area contributed by atoms with Gasteiger partial charge in [0.2, 0.25) is 0 Å². The zero-order valence-electron chi connectivity index (χ0n) is 11.8. The molecular weight excluding hydrogens is 292 g/mol. The molecule has 1 amide bonds. The standard InChI is InChI=1S/C13H12N4O5/c1-16-7-9(11(15-16)13(19)22-2)14-12(18)8-5-3-4-6-10(8)17(20)21/h3-7H,1-2H3,(H,14,18). The molecule has 1 heterocycles. The van der Waals surface area contributed by atoms with E-state index in [9.17, 15) is 19.7 Å². The lowest BCUT2D eigenvalue weighted by molar-refractivity contribution is -0.385. The van der Waals surface area contributed by atoms with Crippen LogP contribution in [0.5, 0.6) is 0 Å². The quantitative estimate of drug-likeness (QED) is 0.518. The van der Waals surface area contributed by atoms with Crippen molar-refractivity contribution in [3.63, 3.8) is 0 Å². The minimum absolute atomic E-state index is 0.0862. The predicted octanol–water partition coefficient (Wildman–Crippen LogP) is 1.37. The van der Waals surface area contributed by atoms with Crippen LogP contribution in [0.1, 0.15) is 20.8 Å². The topological polar surface area (TPSA) is 116 Å². The number of amides is 1. The van der Waals surface area contributed by atoms with Crippen LogP contribution in [0.25, 0.3) is 0 Å². The van der Waals surface area contributed by atoms with Gasteiger partial charge in [-0.15, -0.1) is 0 Å². The van der Waals surface area contributed by atoms with Crippen LogP contribution in [0, 0.1) is 10.1 Å². The second-order valence-electron chi connectivity index (χ2n) is 4.29. The van der Waals surface area contributed by atoms with Gasteiger partial charge in [0.15, 0.2) is 5.69 Å². The monoisotopic (exact) mass is 304 g/mol. The van der Waals surface area contributed by atoms with Crippen molar-refractivity contribution >= 4 is 23.3 Å². The van der Waals surface area contributed by atoms with Gasteiger partial charge < -0.3 is 10.1 Å². The number of rotatable bonds is 4. The van der Waals surface area contributed by atoms with Crippen LogP contribution in [0.15, 0.2) is 30.5 Å². The molecule has 0 aliphatic carbocycles. The highest BCUT2D eigenvalue weighted by atomic mass is 16.6. The van der Waals surface area contributed by atoms with Crippen LogP contribution in [0.3, 0.4) is 0 Å². The van der Waals surface area contributed by atoms with Gasteiger partial charge in [0, 0.05) is 19.3 Å². The number of carbonyl (C=O) groups excluding carboxylic acids is 2. The Bertz CT molecular complexity index is 753. The fourth-order valence-electron chi connectivity index (χ4n) is 1.84. The van der Waals surface area contributed by atoms with E-state index in [0.717, 1.165) is 0 Å². The highest BCUT2D eigenvalue weighted by Crippen LogP contribution is 2.21. The molecule has 0 radical (unpaired) electrons. The minimum Gasteiger partial charge on any atom is -0.464 e. The van der Waals surface area contributed by atoms with Crippen LogP contribution in [0.2, 0.25) is 0 Å². The average molecular weight is 304 g/mol. The summed E-state index contributed by atoms with van der Waals surface area (Å²) in [4.78, 5) is 34.1. The maximum Gasteiger partial charge on any atom is 0.360 e. The van der Waals surface area contributed by atoms with Crippen molar-refractivity contribution in [2.24, 2.45) is 7.05 Å². The molecule has 9 heteroatoms. The average Bonchev–Trinajstić information content (AvgIpc) is 2.86. The van der Waals surface area contributed by atoms with Crippen LogP contribution in [0.4, 0.5) is 11.4 Å². The maximum absolute atomic E-state index is 12.2. The number of ether oxygens (including phenoxy) is 1. The van der Waals surface area contributed by atoms with Crippen molar-refractivity contribution in [3.05, 3.63) is 51.8 Å². The molecule has 0 spiro atoms. The van der Waals surface area contributed by atoms with Gasteiger partial charge in [0.25, 0.3) is 11.6 Å². The minimum atomic E-state index is -0.724. The summed E-state index contributed by atoms with van der Waals surface area (Å²) in [5.74, 6) is -1.44. The van der Waals surface area contributed by atoms with Gasteiger partial charge in [-0.2, -0.15) is 5.10 Å². The number of para-hydroxylation sites is 1. The molecule has 2 rings (SSSR count). The summed E-state index contributed by atoms with van der Waals surface area (Å²) in [5.41, 5.74) is -0.426. The molecule has 1 N–H and O–H groups in total. The van der Waals surface area contributed by atoms with Crippen LogP contribution in [-0.2, 0) is 11.8 Å². The number of esters is 1. The van der Waals surface area contributed by atoms with E-state index in [-0.39, 0.29) is 22.6 Å². The second kappa shape index (κ2) is 6.04. The maximum atomic E-state index is 12.2. The summed E-state index contributed by atoms with van der Waals surface area (Å²) in [7, 11) is 2.75. The molecule has 0 bridgehead atoms. The number of hydrogen-bond acceptors (Lipinski definition) is 6. The van der Waals surface area contributed by atoms with E-state index >= 15 is 0 Å². The van der Waals surface area contributed by atoms with Gasteiger partial charge in [-0.25, -0.2) is 4.79 Å². The normalized spacial score (nSPS) is 10.1. The third kappa shape index (κ3) is 2.92. The number of anilines is 1. The van der Waals surface area contributed by atoms with Crippen molar-refractivity contribution in [3.8, 4) is 0 Å². The summed E-state index contributed by atoms with van der Waals surface area (Å²) in [5, 5.41) is 17.2. The zero-order valence-corrected chi connectivity index (χ0v) is 11.8. The first kappa shape index (κ1) is 15.2. The smallest absolute Gasteiger partial charge is 0.360 e. The molecule has 0 saturated carbocycles. The predicted molar refractivity (Wildman–Crippen MR) is 75.6 cm³/mol. The van der Waals surface area contributed by atoms with Crippen molar-refractivity contribution in [1.82, 2.24) is 9.78 Å². The fraction of sp³-hybridized carbons (Fsp3) is 0.154. The Kier molecular flexibility index (Phi) is 4.16. The molecule has 9 nitrogen and oxygen atoms in total. The molecule has 0 atom stereocenters. The van der Waals surface area contributed by atoms with Crippen molar-refractivity contribution < 1.29 is 19.2 Å². The molecule has 2 aromatic rings. The first-order valence-electron chi connectivity index (χ1n) is 6.10. The van der Waals surface area contributed by atoms with Crippen LogP contribution in [-0.4, -0.2) is 33.7 Å². The number of nitro benzene ring substituents is 1. The molecule has 0 unspecified atom stereocenters. The van der Waals surface area contributed by atoms with Crippen molar-refractivity contribution in [1.29, 1.82) is 0 Å². The van der Waals surface area contributed by atoms with Gasteiger partial charge >= 0.3 is 5.97 Å². The number of methoxy groups -OCH3 is 1. The summed E-state index contributed by atoms with van der Waals surface area (Å²) >= 11 is 0. The van der Waals surface area contributed by atoms with E-state index in [4.69, 9.17) is 0 Å². The fourth-order valence-corrected chi connectivity index (χ4v) is 1.84. The van der Waals surface area contributed by atoms with Crippen molar-refractivity contribution in [2.75, 3.05) is 12.4 Å². The Balaban J connectivity index is 2.34. The molecule has 1 aromatic heterocycles. The second-order valence-corrected chi connectivity index (χ2v) is 4.29. The highest BCUT2D eigenvalue weighted by Gasteiger charge is 2.23. The number of aromatic nitrogens is 2. The number of nitro groups is 1. The third-order valence-corrected chi connectivity index (χ3v) is 2.80. The molecule has 114 valence electrons. The van der Waals surface area contributed by atoms with Crippen molar-refractivity contribution in [2.45, 2.75) is 0 Å². The zero-order chi connectivity index (χ0) is 16.3. The number of aryl methyl sites for hydroxylation is 1. The van der Waals surface area contributed by atoms with E-state index < -0.39 is 16.8 Å².